The van der Waals surface area contributed by atoms with Crippen LogP contribution in [0.2, 0.25) is 0 Å². The standard InChI is InChI=1S/C22H14FNO4/c1-2-27-22(26)15-11-24-17-9-12-5-3-4-6-13(12)10-18(17)28-21-16(23)8-7-14(19(21)24)20(15)25/h3-11H,2H2,1H3. The van der Waals surface area contributed by atoms with Crippen molar-refractivity contribution in [2.45, 2.75) is 6.92 Å². The molecule has 1 aliphatic heterocycles. The number of esters is 1. The number of pyridine rings is 1. The normalized spacial score (nSPS) is 11.9. The maximum atomic E-state index is 14.5. The second kappa shape index (κ2) is 5.92. The van der Waals surface area contributed by atoms with Gasteiger partial charge in [-0.2, -0.15) is 0 Å². The molecule has 3 aromatic carbocycles. The average molecular weight is 375 g/mol. The fourth-order valence-electron chi connectivity index (χ4n) is 3.59. The molecular weight excluding hydrogens is 361 g/mol. The Morgan fingerprint density at radius 2 is 1.89 bits per heavy atom. The summed E-state index contributed by atoms with van der Waals surface area (Å²) in [6, 6.07) is 13.9. The number of hydrogen-bond donors (Lipinski definition) is 0. The highest BCUT2D eigenvalue weighted by Crippen LogP contribution is 2.42. The molecule has 0 unspecified atom stereocenters. The molecule has 6 heteroatoms. The zero-order chi connectivity index (χ0) is 19.4. The highest BCUT2D eigenvalue weighted by atomic mass is 19.1. The van der Waals surface area contributed by atoms with Crippen LogP contribution < -0.4 is 10.2 Å². The van der Waals surface area contributed by atoms with Crippen molar-refractivity contribution in [2.24, 2.45) is 0 Å². The first-order valence-electron chi connectivity index (χ1n) is 8.84. The Bertz CT molecular complexity index is 1360. The fourth-order valence-corrected chi connectivity index (χ4v) is 3.59. The van der Waals surface area contributed by atoms with Crippen molar-refractivity contribution in [3.05, 3.63) is 76.3 Å². The SMILES string of the molecule is CCOC(=O)c1cn2c3c(c(F)ccc3c1=O)Oc1cc3ccccc3cc1-2. The van der Waals surface area contributed by atoms with E-state index in [1.165, 1.54) is 18.3 Å². The second-order valence-corrected chi connectivity index (χ2v) is 6.50. The van der Waals surface area contributed by atoms with Crippen LogP contribution in [0.25, 0.3) is 27.4 Å². The molecule has 4 aromatic rings. The van der Waals surface area contributed by atoms with Gasteiger partial charge in [0.15, 0.2) is 17.3 Å². The molecule has 0 fully saturated rings. The van der Waals surface area contributed by atoms with Gasteiger partial charge in [0.05, 0.1) is 17.7 Å². The zero-order valence-electron chi connectivity index (χ0n) is 14.9. The van der Waals surface area contributed by atoms with E-state index in [2.05, 4.69) is 0 Å². The van der Waals surface area contributed by atoms with E-state index in [1.807, 2.05) is 36.4 Å². The van der Waals surface area contributed by atoms with E-state index < -0.39 is 17.2 Å². The van der Waals surface area contributed by atoms with Crippen LogP contribution in [0.3, 0.4) is 0 Å². The molecular formula is C22H14FNO4. The lowest BCUT2D eigenvalue weighted by Crippen LogP contribution is -2.22. The van der Waals surface area contributed by atoms with E-state index in [4.69, 9.17) is 9.47 Å². The summed E-state index contributed by atoms with van der Waals surface area (Å²) in [4.78, 5) is 25.2. The maximum Gasteiger partial charge on any atom is 0.343 e. The van der Waals surface area contributed by atoms with Crippen LogP contribution in [0.15, 0.2) is 59.5 Å². The van der Waals surface area contributed by atoms with Crippen molar-refractivity contribution < 1.29 is 18.7 Å². The van der Waals surface area contributed by atoms with Crippen LogP contribution in [0, 0.1) is 5.82 Å². The molecule has 5 rings (SSSR count). The first-order chi connectivity index (χ1) is 13.6. The zero-order valence-corrected chi connectivity index (χ0v) is 14.9. The van der Waals surface area contributed by atoms with E-state index in [0.29, 0.717) is 17.0 Å². The number of nitrogens with zero attached hydrogens (tertiary/aromatic N) is 1. The molecule has 138 valence electrons. The average Bonchev–Trinajstić information content (AvgIpc) is 2.70. The fraction of sp³-hybridized carbons (Fsp3) is 0.0909. The predicted molar refractivity (Wildman–Crippen MR) is 103 cm³/mol. The summed E-state index contributed by atoms with van der Waals surface area (Å²) in [5.41, 5.74) is 0.292. The van der Waals surface area contributed by atoms with Crippen molar-refractivity contribution in [3.8, 4) is 17.2 Å². The molecule has 0 N–H and O–H groups in total. The Balaban J connectivity index is 1.91. The van der Waals surface area contributed by atoms with E-state index in [-0.39, 0.29) is 23.3 Å². The number of carbonyl (C=O) groups excluding carboxylic acids is 1. The van der Waals surface area contributed by atoms with Crippen molar-refractivity contribution in [1.82, 2.24) is 4.57 Å². The van der Waals surface area contributed by atoms with Gasteiger partial charge in [-0.3, -0.25) is 4.79 Å². The van der Waals surface area contributed by atoms with Gasteiger partial charge in [0, 0.05) is 6.20 Å². The van der Waals surface area contributed by atoms with Gasteiger partial charge in [0.1, 0.15) is 11.1 Å². The number of ether oxygens (including phenoxy) is 2. The van der Waals surface area contributed by atoms with Gasteiger partial charge in [0.25, 0.3) is 0 Å². The third kappa shape index (κ3) is 2.24. The number of benzene rings is 3. The number of hydrogen-bond acceptors (Lipinski definition) is 4. The van der Waals surface area contributed by atoms with E-state index in [1.54, 1.807) is 11.5 Å². The van der Waals surface area contributed by atoms with Gasteiger partial charge in [0.2, 0.25) is 5.43 Å². The van der Waals surface area contributed by atoms with Gasteiger partial charge in [-0.1, -0.05) is 24.3 Å². The van der Waals surface area contributed by atoms with Crippen LogP contribution in [0.1, 0.15) is 17.3 Å². The largest absolute Gasteiger partial charge is 0.462 e. The van der Waals surface area contributed by atoms with Crippen LogP contribution in [-0.2, 0) is 4.74 Å². The third-order valence-electron chi connectivity index (χ3n) is 4.87. The summed E-state index contributed by atoms with van der Waals surface area (Å²) in [5, 5.41) is 2.08. The minimum atomic E-state index is -0.710. The molecule has 2 heterocycles. The molecule has 1 aromatic heterocycles. The van der Waals surface area contributed by atoms with Crippen molar-refractivity contribution in [2.75, 3.05) is 6.61 Å². The Morgan fingerprint density at radius 1 is 1.14 bits per heavy atom. The topological polar surface area (TPSA) is 57.5 Å². The molecule has 0 amide bonds. The second-order valence-electron chi connectivity index (χ2n) is 6.50. The molecule has 0 saturated carbocycles. The monoisotopic (exact) mass is 375 g/mol. The van der Waals surface area contributed by atoms with Crippen LogP contribution in [0.5, 0.6) is 11.5 Å². The van der Waals surface area contributed by atoms with Crippen LogP contribution in [0.4, 0.5) is 4.39 Å². The summed E-state index contributed by atoms with van der Waals surface area (Å²) < 4.78 is 27.0. The Morgan fingerprint density at radius 3 is 2.64 bits per heavy atom. The summed E-state index contributed by atoms with van der Waals surface area (Å²) in [5.74, 6) is -0.884. The predicted octanol–water partition coefficient (Wildman–Crippen LogP) is 4.57. The van der Waals surface area contributed by atoms with Gasteiger partial charge < -0.3 is 14.0 Å². The molecule has 0 spiro atoms. The summed E-state index contributed by atoms with van der Waals surface area (Å²) >= 11 is 0. The molecule has 0 bridgehead atoms. The molecule has 1 aliphatic rings. The first kappa shape index (κ1) is 16.5. The number of halogens is 1. The minimum absolute atomic E-state index is 0.0345. The van der Waals surface area contributed by atoms with Crippen LogP contribution in [-0.4, -0.2) is 17.1 Å². The number of fused-ring (bicyclic) bond motifs is 3. The molecule has 0 saturated heterocycles. The molecule has 0 atom stereocenters. The van der Waals surface area contributed by atoms with Gasteiger partial charge in [-0.05, 0) is 42.0 Å². The summed E-state index contributed by atoms with van der Waals surface area (Å²) in [6.45, 7) is 1.82. The van der Waals surface area contributed by atoms with Crippen LogP contribution >= 0.6 is 0 Å². The van der Waals surface area contributed by atoms with Crippen molar-refractivity contribution in [1.29, 1.82) is 0 Å². The summed E-state index contributed by atoms with van der Waals surface area (Å²) in [6.07, 6.45) is 1.40. The third-order valence-corrected chi connectivity index (χ3v) is 4.87. The molecule has 0 radical (unpaired) electrons. The molecule has 5 nitrogen and oxygen atoms in total. The molecule has 0 aliphatic carbocycles. The Kier molecular flexibility index (Phi) is 3.49. The smallest absolute Gasteiger partial charge is 0.343 e. The minimum Gasteiger partial charge on any atom is -0.462 e. The number of aromatic nitrogens is 1. The van der Waals surface area contributed by atoms with E-state index in [9.17, 15) is 14.0 Å². The number of rotatable bonds is 2. The first-order valence-corrected chi connectivity index (χ1v) is 8.84. The Hall–Kier alpha value is -3.67. The highest BCUT2D eigenvalue weighted by Gasteiger charge is 2.27. The number of carbonyl (C=O) groups is 1. The Labute approximate surface area is 158 Å². The van der Waals surface area contributed by atoms with E-state index in [0.717, 1.165) is 10.8 Å². The van der Waals surface area contributed by atoms with Crippen molar-refractivity contribution >= 4 is 27.6 Å². The maximum absolute atomic E-state index is 14.5. The lowest BCUT2D eigenvalue weighted by Gasteiger charge is -2.24. The quantitative estimate of drug-likeness (QED) is 0.424. The van der Waals surface area contributed by atoms with Gasteiger partial charge >= 0.3 is 5.97 Å². The lowest BCUT2D eigenvalue weighted by atomic mass is 10.0. The van der Waals surface area contributed by atoms with Gasteiger partial charge in [-0.25, -0.2) is 9.18 Å². The van der Waals surface area contributed by atoms with Crippen molar-refractivity contribution in [3.63, 3.8) is 0 Å². The highest BCUT2D eigenvalue weighted by molar-refractivity contribution is 5.98. The lowest BCUT2D eigenvalue weighted by molar-refractivity contribution is 0.0524. The van der Waals surface area contributed by atoms with Gasteiger partial charge in [-0.15, -0.1) is 0 Å². The molecule has 28 heavy (non-hydrogen) atoms. The van der Waals surface area contributed by atoms with E-state index >= 15 is 0 Å². The summed E-state index contributed by atoms with van der Waals surface area (Å²) in [7, 11) is 0.